The second-order valence-corrected chi connectivity index (χ2v) is 4.86. The van der Waals surface area contributed by atoms with Crippen LogP contribution in [0.5, 0.6) is 0 Å². The fourth-order valence-corrected chi connectivity index (χ4v) is 1.89. The molecule has 20 heavy (non-hydrogen) atoms. The van der Waals surface area contributed by atoms with Crippen LogP contribution in [0.15, 0.2) is 36.4 Å². The highest BCUT2D eigenvalue weighted by Gasteiger charge is 2.11. The van der Waals surface area contributed by atoms with Crippen LogP contribution in [0.3, 0.4) is 0 Å². The van der Waals surface area contributed by atoms with E-state index in [1.54, 1.807) is 0 Å². The summed E-state index contributed by atoms with van der Waals surface area (Å²) in [5, 5.41) is 0.595. The van der Waals surface area contributed by atoms with Crippen LogP contribution in [-0.2, 0) is 11.3 Å². The first-order chi connectivity index (χ1) is 9.47. The average Bonchev–Trinajstić information content (AvgIpc) is 2.42. The summed E-state index contributed by atoms with van der Waals surface area (Å²) in [5.74, 6) is -1.04. The molecule has 6 heteroatoms. The van der Waals surface area contributed by atoms with Crippen molar-refractivity contribution in [3.05, 3.63) is 63.4 Å². The number of hydrogen-bond acceptors (Lipinski definition) is 3. The van der Waals surface area contributed by atoms with E-state index in [1.807, 2.05) is 0 Å². The van der Waals surface area contributed by atoms with Crippen molar-refractivity contribution >= 4 is 34.9 Å². The zero-order valence-corrected chi connectivity index (χ0v) is 11.7. The minimum Gasteiger partial charge on any atom is -0.457 e. The standard InChI is InChI=1S/C14H10Cl2FNO2/c15-11-3-2-10(17)5-9(11)7-20-14(19)8-1-4-13(18)12(16)6-8/h1-6H,7,18H2. The molecular formula is C14H10Cl2FNO2. The van der Waals surface area contributed by atoms with Crippen molar-refractivity contribution < 1.29 is 13.9 Å². The number of nitrogen functional groups attached to an aromatic ring is 1. The first-order valence-corrected chi connectivity index (χ1v) is 6.39. The predicted molar refractivity (Wildman–Crippen MR) is 76.4 cm³/mol. The van der Waals surface area contributed by atoms with E-state index < -0.39 is 11.8 Å². The summed E-state index contributed by atoms with van der Waals surface area (Å²) in [5.41, 5.74) is 6.57. The number of ether oxygens (including phenoxy) is 1. The Hall–Kier alpha value is -1.78. The van der Waals surface area contributed by atoms with Crippen molar-refractivity contribution in [3.8, 4) is 0 Å². The van der Waals surface area contributed by atoms with Crippen LogP contribution in [0.25, 0.3) is 0 Å². The van der Waals surface area contributed by atoms with Gasteiger partial charge < -0.3 is 10.5 Å². The lowest BCUT2D eigenvalue weighted by atomic mass is 10.2. The molecule has 104 valence electrons. The minimum absolute atomic E-state index is 0.128. The van der Waals surface area contributed by atoms with E-state index in [1.165, 1.54) is 36.4 Å². The number of nitrogens with two attached hydrogens (primary N) is 1. The van der Waals surface area contributed by atoms with Crippen LogP contribution in [0.1, 0.15) is 15.9 Å². The molecule has 0 aromatic heterocycles. The van der Waals surface area contributed by atoms with E-state index in [0.717, 1.165) is 0 Å². The Bertz CT molecular complexity index is 662. The van der Waals surface area contributed by atoms with Gasteiger partial charge in [0.1, 0.15) is 12.4 Å². The van der Waals surface area contributed by atoms with Gasteiger partial charge in [-0.25, -0.2) is 9.18 Å². The highest BCUT2D eigenvalue weighted by Crippen LogP contribution is 2.21. The third-order valence-electron chi connectivity index (χ3n) is 2.60. The van der Waals surface area contributed by atoms with Gasteiger partial charge in [-0.3, -0.25) is 0 Å². The van der Waals surface area contributed by atoms with E-state index in [9.17, 15) is 9.18 Å². The average molecular weight is 314 g/mol. The van der Waals surface area contributed by atoms with Gasteiger partial charge in [0, 0.05) is 10.6 Å². The van der Waals surface area contributed by atoms with Crippen molar-refractivity contribution in [2.24, 2.45) is 0 Å². The van der Waals surface area contributed by atoms with E-state index >= 15 is 0 Å². The van der Waals surface area contributed by atoms with Crippen LogP contribution in [0, 0.1) is 5.82 Å². The summed E-state index contributed by atoms with van der Waals surface area (Å²) in [6, 6.07) is 8.26. The molecule has 0 aliphatic carbocycles. The quantitative estimate of drug-likeness (QED) is 0.686. The highest BCUT2D eigenvalue weighted by molar-refractivity contribution is 6.33. The van der Waals surface area contributed by atoms with Gasteiger partial charge in [0.25, 0.3) is 0 Å². The van der Waals surface area contributed by atoms with Crippen molar-refractivity contribution in [2.75, 3.05) is 5.73 Å². The van der Waals surface area contributed by atoms with E-state index in [0.29, 0.717) is 16.3 Å². The summed E-state index contributed by atoms with van der Waals surface area (Å²) < 4.78 is 18.1. The minimum atomic E-state index is -0.591. The van der Waals surface area contributed by atoms with Crippen molar-refractivity contribution in [2.45, 2.75) is 6.61 Å². The van der Waals surface area contributed by atoms with Gasteiger partial charge in [-0.15, -0.1) is 0 Å². The van der Waals surface area contributed by atoms with Gasteiger partial charge in [-0.05, 0) is 36.4 Å². The molecule has 0 atom stereocenters. The Labute approximate surface area is 125 Å². The number of halogens is 3. The molecule has 0 aliphatic heterocycles. The highest BCUT2D eigenvalue weighted by atomic mass is 35.5. The van der Waals surface area contributed by atoms with E-state index in [-0.39, 0.29) is 17.2 Å². The van der Waals surface area contributed by atoms with E-state index in [4.69, 9.17) is 33.7 Å². The maximum atomic E-state index is 13.1. The molecule has 0 heterocycles. The summed E-state index contributed by atoms with van der Waals surface area (Å²) in [6.07, 6.45) is 0. The lowest BCUT2D eigenvalue weighted by molar-refractivity contribution is 0.0472. The molecule has 0 spiro atoms. The maximum Gasteiger partial charge on any atom is 0.338 e. The summed E-state index contributed by atoms with van der Waals surface area (Å²) in [4.78, 5) is 11.8. The lowest BCUT2D eigenvalue weighted by Gasteiger charge is -2.07. The summed E-state index contributed by atoms with van der Waals surface area (Å²) in [6.45, 7) is -0.128. The summed E-state index contributed by atoms with van der Waals surface area (Å²) >= 11 is 11.7. The van der Waals surface area contributed by atoms with Crippen LogP contribution < -0.4 is 5.73 Å². The number of rotatable bonds is 3. The zero-order chi connectivity index (χ0) is 14.7. The van der Waals surface area contributed by atoms with Crippen molar-refractivity contribution in [1.82, 2.24) is 0 Å². The fraction of sp³-hybridized carbons (Fsp3) is 0.0714. The maximum absolute atomic E-state index is 13.1. The smallest absolute Gasteiger partial charge is 0.338 e. The van der Waals surface area contributed by atoms with Gasteiger partial charge in [-0.1, -0.05) is 23.2 Å². The third kappa shape index (κ3) is 3.40. The Morgan fingerprint density at radius 1 is 1.15 bits per heavy atom. The molecule has 0 aliphatic rings. The van der Waals surface area contributed by atoms with Gasteiger partial charge >= 0.3 is 5.97 Å². The Morgan fingerprint density at radius 2 is 1.90 bits per heavy atom. The first-order valence-electron chi connectivity index (χ1n) is 5.63. The Morgan fingerprint density at radius 3 is 2.60 bits per heavy atom. The summed E-state index contributed by atoms with van der Waals surface area (Å²) in [7, 11) is 0. The monoisotopic (exact) mass is 313 g/mol. The van der Waals surface area contributed by atoms with Crippen LogP contribution in [-0.4, -0.2) is 5.97 Å². The molecule has 0 bridgehead atoms. The SMILES string of the molecule is Nc1ccc(C(=O)OCc2cc(F)ccc2Cl)cc1Cl. The Balaban J connectivity index is 2.08. The molecule has 2 aromatic rings. The van der Waals surface area contributed by atoms with Crippen LogP contribution in [0.4, 0.5) is 10.1 Å². The first kappa shape index (κ1) is 14.6. The van der Waals surface area contributed by atoms with E-state index in [2.05, 4.69) is 0 Å². The molecule has 0 saturated carbocycles. The number of carbonyl (C=O) groups is 1. The molecule has 2 aromatic carbocycles. The molecule has 2 N–H and O–H groups in total. The topological polar surface area (TPSA) is 52.3 Å². The molecule has 0 radical (unpaired) electrons. The number of hydrogen-bond donors (Lipinski definition) is 1. The molecular weight excluding hydrogens is 304 g/mol. The van der Waals surface area contributed by atoms with Crippen LogP contribution in [0.2, 0.25) is 10.0 Å². The molecule has 3 nitrogen and oxygen atoms in total. The van der Waals surface area contributed by atoms with Crippen molar-refractivity contribution in [1.29, 1.82) is 0 Å². The second kappa shape index (κ2) is 6.11. The third-order valence-corrected chi connectivity index (χ3v) is 3.30. The molecule has 2 rings (SSSR count). The van der Waals surface area contributed by atoms with Gasteiger partial charge in [0.15, 0.2) is 0 Å². The Kier molecular flexibility index (Phi) is 4.47. The largest absolute Gasteiger partial charge is 0.457 e. The lowest BCUT2D eigenvalue weighted by Crippen LogP contribution is -2.06. The van der Waals surface area contributed by atoms with Gasteiger partial charge in [0.05, 0.1) is 16.3 Å². The molecule has 0 unspecified atom stereocenters. The number of carbonyl (C=O) groups excluding carboxylic acids is 1. The van der Waals surface area contributed by atoms with Gasteiger partial charge in [0.2, 0.25) is 0 Å². The van der Waals surface area contributed by atoms with Crippen molar-refractivity contribution in [3.63, 3.8) is 0 Å². The number of anilines is 1. The molecule has 0 saturated heterocycles. The van der Waals surface area contributed by atoms with Gasteiger partial charge in [-0.2, -0.15) is 0 Å². The second-order valence-electron chi connectivity index (χ2n) is 4.05. The number of benzene rings is 2. The number of esters is 1. The molecule has 0 amide bonds. The molecule has 0 fully saturated rings. The van der Waals surface area contributed by atoms with Crippen LogP contribution >= 0.6 is 23.2 Å². The fourth-order valence-electron chi connectivity index (χ4n) is 1.53. The zero-order valence-electron chi connectivity index (χ0n) is 10.2. The predicted octanol–water partition coefficient (Wildman–Crippen LogP) is 4.07. The normalized spacial score (nSPS) is 10.3.